The van der Waals surface area contributed by atoms with E-state index in [0.717, 1.165) is 4.90 Å². The number of hydrogen-bond donors (Lipinski definition) is 1. The molecule has 0 radical (unpaired) electrons. The van der Waals surface area contributed by atoms with E-state index in [2.05, 4.69) is 15.5 Å². The molecule has 25 heavy (non-hydrogen) atoms. The highest BCUT2D eigenvalue weighted by molar-refractivity contribution is 8.00. The summed E-state index contributed by atoms with van der Waals surface area (Å²) in [5.41, 5.74) is 3.19. The molecule has 1 heterocycles. The Bertz CT molecular complexity index is 713. The average Bonchev–Trinajstić information content (AvgIpc) is 2.66. The number of nitrogens with zero attached hydrogens (tertiary/aromatic N) is 2. The molecule has 0 saturated carbocycles. The second-order valence-electron chi connectivity index (χ2n) is 4.72. The summed E-state index contributed by atoms with van der Waals surface area (Å²) >= 11 is 1.41. The molecule has 1 aromatic carbocycles. The highest BCUT2D eigenvalue weighted by Gasteiger charge is 2.12. The summed E-state index contributed by atoms with van der Waals surface area (Å²) in [6.45, 7) is 0. The lowest BCUT2D eigenvalue weighted by Crippen LogP contribution is -2.19. The Hall–Kier alpha value is -2.74. The summed E-state index contributed by atoms with van der Waals surface area (Å²) < 4.78 is 15.8. The Kier molecular flexibility index (Phi) is 7.09. The van der Waals surface area contributed by atoms with Crippen molar-refractivity contribution < 1.29 is 19.0 Å². The Labute approximate surface area is 150 Å². The molecular formula is C17H19N3O4S. The molecule has 2 aromatic rings. The fourth-order valence-electron chi connectivity index (χ4n) is 1.97. The van der Waals surface area contributed by atoms with Gasteiger partial charge in [-0.3, -0.25) is 9.78 Å². The van der Waals surface area contributed by atoms with E-state index in [1.165, 1.54) is 39.3 Å². The van der Waals surface area contributed by atoms with Crippen LogP contribution in [-0.2, 0) is 4.79 Å². The molecule has 1 N–H and O–H groups in total. The van der Waals surface area contributed by atoms with Crippen LogP contribution in [0.25, 0.3) is 0 Å². The van der Waals surface area contributed by atoms with E-state index in [9.17, 15) is 4.79 Å². The molecule has 1 aromatic heterocycles. The van der Waals surface area contributed by atoms with Gasteiger partial charge in [-0.05, 0) is 24.3 Å². The molecule has 0 bridgehead atoms. The highest BCUT2D eigenvalue weighted by atomic mass is 32.2. The molecule has 0 atom stereocenters. The molecule has 0 aliphatic rings. The van der Waals surface area contributed by atoms with Gasteiger partial charge in [-0.2, -0.15) is 5.10 Å². The first kappa shape index (κ1) is 18.6. The Morgan fingerprint density at radius 2 is 1.80 bits per heavy atom. The third-order valence-corrected chi connectivity index (χ3v) is 4.12. The van der Waals surface area contributed by atoms with Gasteiger partial charge in [-0.1, -0.05) is 0 Å². The minimum atomic E-state index is -0.203. The fourth-order valence-corrected chi connectivity index (χ4v) is 2.65. The molecule has 0 spiro atoms. The monoisotopic (exact) mass is 361 g/mol. The number of rotatable bonds is 8. The lowest BCUT2D eigenvalue weighted by molar-refractivity contribution is -0.118. The van der Waals surface area contributed by atoms with Crippen LogP contribution in [0.15, 0.2) is 46.7 Å². The van der Waals surface area contributed by atoms with Gasteiger partial charge < -0.3 is 14.2 Å². The van der Waals surface area contributed by atoms with Crippen LogP contribution >= 0.6 is 11.8 Å². The molecule has 0 aliphatic carbocycles. The number of amides is 1. The first-order valence-electron chi connectivity index (χ1n) is 7.32. The van der Waals surface area contributed by atoms with Gasteiger partial charge in [0.15, 0.2) is 11.5 Å². The summed E-state index contributed by atoms with van der Waals surface area (Å²) in [6.07, 6.45) is 4.88. The maximum absolute atomic E-state index is 11.8. The van der Waals surface area contributed by atoms with Crippen LogP contribution in [0.5, 0.6) is 17.2 Å². The van der Waals surface area contributed by atoms with Gasteiger partial charge >= 0.3 is 0 Å². The van der Waals surface area contributed by atoms with E-state index in [-0.39, 0.29) is 11.7 Å². The third kappa shape index (κ3) is 5.39. The minimum Gasteiger partial charge on any atom is -0.493 e. The van der Waals surface area contributed by atoms with Crippen molar-refractivity contribution in [2.45, 2.75) is 4.90 Å². The van der Waals surface area contributed by atoms with Crippen LogP contribution in [0, 0.1) is 0 Å². The number of carbonyl (C=O) groups is 1. The molecule has 132 valence electrons. The van der Waals surface area contributed by atoms with Crippen LogP contribution in [0.4, 0.5) is 0 Å². The number of ether oxygens (including phenoxy) is 3. The van der Waals surface area contributed by atoms with Gasteiger partial charge in [-0.15, -0.1) is 11.8 Å². The number of hydrazone groups is 1. The number of carbonyl (C=O) groups excluding carboxylic acids is 1. The van der Waals surface area contributed by atoms with Gasteiger partial charge in [0.25, 0.3) is 0 Å². The first-order chi connectivity index (χ1) is 12.2. The van der Waals surface area contributed by atoms with E-state index in [4.69, 9.17) is 14.2 Å². The Balaban J connectivity index is 1.96. The van der Waals surface area contributed by atoms with Crippen LogP contribution in [0.2, 0.25) is 0 Å². The van der Waals surface area contributed by atoms with Crippen molar-refractivity contribution in [1.82, 2.24) is 10.4 Å². The van der Waals surface area contributed by atoms with Crippen molar-refractivity contribution in [3.63, 3.8) is 0 Å². The van der Waals surface area contributed by atoms with E-state index < -0.39 is 0 Å². The zero-order chi connectivity index (χ0) is 18.1. The van der Waals surface area contributed by atoms with E-state index in [1.807, 2.05) is 12.1 Å². The largest absolute Gasteiger partial charge is 0.493 e. The Morgan fingerprint density at radius 1 is 1.16 bits per heavy atom. The fraction of sp³-hybridized carbons (Fsp3) is 0.235. The number of nitrogens with one attached hydrogen (secondary N) is 1. The van der Waals surface area contributed by atoms with E-state index in [0.29, 0.717) is 22.8 Å². The van der Waals surface area contributed by atoms with Crippen molar-refractivity contribution in [2.24, 2.45) is 5.10 Å². The zero-order valence-corrected chi connectivity index (χ0v) is 15.0. The number of benzene rings is 1. The lowest BCUT2D eigenvalue weighted by Gasteiger charge is -2.12. The molecule has 1 amide bonds. The summed E-state index contributed by atoms with van der Waals surface area (Å²) in [6, 6.07) is 7.17. The third-order valence-electron chi connectivity index (χ3n) is 3.11. The van der Waals surface area contributed by atoms with E-state index in [1.54, 1.807) is 24.5 Å². The molecule has 0 unspecified atom stereocenters. The first-order valence-corrected chi connectivity index (χ1v) is 8.31. The number of hydrogen-bond acceptors (Lipinski definition) is 7. The Morgan fingerprint density at radius 3 is 2.36 bits per heavy atom. The predicted octanol–water partition coefficient (Wildman–Crippen LogP) is 2.35. The lowest BCUT2D eigenvalue weighted by atomic mass is 10.2. The average molecular weight is 361 g/mol. The maximum Gasteiger partial charge on any atom is 0.250 e. The zero-order valence-electron chi connectivity index (χ0n) is 14.2. The van der Waals surface area contributed by atoms with Crippen LogP contribution in [0.1, 0.15) is 5.56 Å². The number of thioether (sulfide) groups is 1. The summed E-state index contributed by atoms with van der Waals surface area (Å²) in [5, 5.41) is 3.96. The van der Waals surface area contributed by atoms with Gasteiger partial charge in [0, 0.05) is 22.9 Å². The molecule has 7 nitrogen and oxygen atoms in total. The number of pyridine rings is 1. The second-order valence-corrected chi connectivity index (χ2v) is 5.77. The normalized spacial score (nSPS) is 10.5. The van der Waals surface area contributed by atoms with Crippen molar-refractivity contribution >= 4 is 23.9 Å². The summed E-state index contributed by atoms with van der Waals surface area (Å²) in [7, 11) is 4.61. The molecule has 0 fully saturated rings. The van der Waals surface area contributed by atoms with Crippen molar-refractivity contribution in [3.05, 3.63) is 42.2 Å². The summed E-state index contributed by atoms with van der Waals surface area (Å²) in [4.78, 5) is 16.7. The van der Waals surface area contributed by atoms with Gasteiger partial charge in [0.1, 0.15) is 0 Å². The maximum atomic E-state index is 11.8. The topological polar surface area (TPSA) is 82.0 Å². The quantitative estimate of drug-likeness (QED) is 0.442. The van der Waals surface area contributed by atoms with E-state index >= 15 is 0 Å². The van der Waals surface area contributed by atoms with Crippen molar-refractivity contribution in [2.75, 3.05) is 27.1 Å². The number of aromatic nitrogens is 1. The standard InChI is InChI=1S/C17H19N3O4S/c1-22-14-8-12(9-15(23-2)17(14)24-3)10-19-20-16(21)11-25-13-4-6-18-7-5-13/h4-10H,11H2,1-3H3,(H,20,21)/b19-10+. The molecule has 8 heteroatoms. The predicted molar refractivity (Wildman–Crippen MR) is 96.8 cm³/mol. The SMILES string of the molecule is COc1cc(/C=N/NC(=O)CSc2ccncc2)cc(OC)c1OC. The summed E-state index contributed by atoms with van der Waals surface area (Å²) in [5.74, 6) is 1.59. The number of methoxy groups -OCH3 is 3. The highest BCUT2D eigenvalue weighted by Crippen LogP contribution is 2.37. The van der Waals surface area contributed by atoms with Gasteiger partial charge in [0.05, 0.1) is 33.3 Å². The molecule has 0 saturated heterocycles. The van der Waals surface area contributed by atoms with Crippen molar-refractivity contribution in [1.29, 1.82) is 0 Å². The van der Waals surface area contributed by atoms with Crippen molar-refractivity contribution in [3.8, 4) is 17.2 Å². The molecular weight excluding hydrogens is 342 g/mol. The van der Waals surface area contributed by atoms with Crippen LogP contribution in [-0.4, -0.2) is 44.2 Å². The minimum absolute atomic E-state index is 0.203. The molecule has 0 aliphatic heterocycles. The second kappa shape index (κ2) is 9.53. The van der Waals surface area contributed by atoms with Gasteiger partial charge in [0.2, 0.25) is 11.7 Å². The molecule has 2 rings (SSSR count). The van der Waals surface area contributed by atoms with Crippen LogP contribution in [0.3, 0.4) is 0 Å². The van der Waals surface area contributed by atoms with Crippen LogP contribution < -0.4 is 19.6 Å². The van der Waals surface area contributed by atoms with Gasteiger partial charge in [-0.25, -0.2) is 5.43 Å². The smallest absolute Gasteiger partial charge is 0.250 e.